The van der Waals surface area contributed by atoms with Crippen LogP contribution in [0.3, 0.4) is 0 Å². The van der Waals surface area contributed by atoms with Gasteiger partial charge in [0.15, 0.2) is 13.5 Å². The standard InChI is InChI=1S/C17H18BF3N2O6S/c18-16(25,26)15(24,17(27,28)30)23-12-4-2-1-3-9(12)13(22-23)10-7-8(29-14(20)21)5-6-11(10)19/h5-7,14,24-28,30H,1-4H2. The smallest absolute Gasteiger partial charge is 0.387 e. The van der Waals surface area contributed by atoms with Gasteiger partial charge < -0.3 is 30.3 Å². The molecule has 1 aromatic carbocycles. The molecule has 0 amide bonds. The molecule has 3 rings (SSSR count). The SMILES string of the molecule is [B]C(O)(O)C(O)(n1nc(-c2cc(OC(F)F)ccc2F)c2c1CCCC2)C(O)(O)S. The first-order valence-corrected chi connectivity index (χ1v) is 9.21. The van der Waals surface area contributed by atoms with E-state index < -0.39 is 29.0 Å². The summed E-state index contributed by atoms with van der Waals surface area (Å²) in [7, 11) is 5.18. The number of alkyl halides is 2. The zero-order chi connectivity index (χ0) is 22.5. The molecular formula is C17H18BF3N2O6S. The highest BCUT2D eigenvalue weighted by atomic mass is 32.1. The third-order valence-corrected chi connectivity index (χ3v) is 5.20. The van der Waals surface area contributed by atoms with Crippen LogP contribution in [0.5, 0.6) is 5.75 Å². The predicted octanol–water partition coefficient (Wildman–Crippen LogP) is 0.190. The summed E-state index contributed by atoms with van der Waals surface area (Å²) in [4.78, 5) is 0. The Balaban J connectivity index is 2.27. The minimum absolute atomic E-state index is 0.109. The van der Waals surface area contributed by atoms with Crippen molar-refractivity contribution < 1.29 is 43.4 Å². The molecule has 0 bridgehead atoms. The van der Waals surface area contributed by atoms with Gasteiger partial charge in [-0.25, -0.2) is 9.07 Å². The Hall–Kier alpha value is -1.77. The van der Waals surface area contributed by atoms with Crippen LogP contribution in [0.1, 0.15) is 24.1 Å². The summed E-state index contributed by atoms with van der Waals surface area (Å²) in [6.45, 7) is -3.16. The fraction of sp³-hybridized carbons (Fsp3) is 0.471. The summed E-state index contributed by atoms with van der Waals surface area (Å²) in [5.74, 6) is -1.23. The Bertz CT molecular complexity index is 931. The van der Waals surface area contributed by atoms with E-state index in [-0.39, 0.29) is 29.1 Å². The highest BCUT2D eigenvalue weighted by Gasteiger charge is 2.61. The fourth-order valence-electron chi connectivity index (χ4n) is 3.49. The molecule has 2 radical (unpaired) electrons. The van der Waals surface area contributed by atoms with E-state index in [1.807, 2.05) is 0 Å². The third-order valence-electron chi connectivity index (χ3n) is 4.89. The molecule has 1 aromatic heterocycles. The number of hydrogen-bond acceptors (Lipinski definition) is 8. The summed E-state index contributed by atoms with van der Waals surface area (Å²) in [5.41, 5.74) is -7.14. The van der Waals surface area contributed by atoms with Crippen molar-refractivity contribution in [3.63, 3.8) is 0 Å². The van der Waals surface area contributed by atoms with Gasteiger partial charge in [-0.05, 0) is 43.9 Å². The Labute approximate surface area is 175 Å². The third kappa shape index (κ3) is 3.81. The van der Waals surface area contributed by atoms with Crippen LogP contribution in [-0.2, 0) is 18.6 Å². The van der Waals surface area contributed by atoms with Crippen molar-refractivity contribution in [2.24, 2.45) is 0 Å². The molecule has 13 heteroatoms. The Kier molecular flexibility index (Phi) is 5.91. The molecule has 5 N–H and O–H groups in total. The number of hydrogen-bond donors (Lipinski definition) is 6. The van der Waals surface area contributed by atoms with Crippen LogP contribution in [0.15, 0.2) is 18.2 Å². The first-order chi connectivity index (χ1) is 13.8. The van der Waals surface area contributed by atoms with E-state index in [9.17, 15) is 38.7 Å². The molecule has 8 nitrogen and oxygen atoms in total. The van der Waals surface area contributed by atoms with Crippen LogP contribution in [0, 0.1) is 5.82 Å². The zero-order valence-electron chi connectivity index (χ0n) is 15.3. The molecule has 162 valence electrons. The number of nitrogens with zero attached hydrogens (tertiary/aromatic N) is 2. The molecule has 30 heavy (non-hydrogen) atoms. The van der Waals surface area contributed by atoms with Crippen molar-refractivity contribution in [2.75, 3.05) is 0 Å². The van der Waals surface area contributed by atoms with Crippen molar-refractivity contribution >= 4 is 20.5 Å². The summed E-state index contributed by atoms with van der Waals surface area (Å²) in [6.07, 6.45) is 1.65. The number of thiol groups is 1. The maximum atomic E-state index is 14.5. The van der Waals surface area contributed by atoms with Gasteiger partial charge in [0.05, 0.1) is 5.69 Å². The molecule has 0 fully saturated rings. The van der Waals surface area contributed by atoms with Gasteiger partial charge >= 0.3 is 6.61 Å². The number of aliphatic hydroxyl groups is 5. The Morgan fingerprint density at radius 2 is 1.77 bits per heavy atom. The maximum Gasteiger partial charge on any atom is 0.387 e. The number of aromatic nitrogens is 2. The largest absolute Gasteiger partial charge is 0.435 e. The van der Waals surface area contributed by atoms with E-state index in [1.54, 1.807) is 0 Å². The number of benzene rings is 1. The van der Waals surface area contributed by atoms with E-state index in [1.165, 1.54) is 0 Å². The quantitative estimate of drug-likeness (QED) is 0.213. The van der Waals surface area contributed by atoms with Crippen LogP contribution < -0.4 is 4.74 Å². The molecule has 1 atom stereocenters. The number of rotatable bonds is 6. The summed E-state index contributed by atoms with van der Waals surface area (Å²) in [6, 6.07) is 2.82. The van der Waals surface area contributed by atoms with Gasteiger partial charge in [0, 0.05) is 16.8 Å². The van der Waals surface area contributed by atoms with Gasteiger partial charge in [-0.2, -0.15) is 13.9 Å². The van der Waals surface area contributed by atoms with E-state index in [0.29, 0.717) is 29.5 Å². The van der Waals surface area contributed by atoms with Gasteiger partial charge in [-0.3, -0.25) is 0 Å². The summed E-state index contributed by atoms with van der Waals surface area (Å²) >= 11 is 3.40. The maximum absolute atomic E-state index is 14.5. The van der Waals surface area contributed by atoms with E-state index in [4.69, 9.17) is 7.85 Å². The average molecular weight is 446 g/mol. The van der Waals surface area contributed by atoms with Crippen LogP contribution in [0.25, 0.3) is 11.3 Å². The average Bonchev–Trinajstić information content (AvgIpc) is 3.00. The Morgan fingerprint density at radius 3 is 2.33 bits per heavy atom. The number of halogens is 3. The van der Waals surface area contributed by atoms with Gasteiger partial charge in [-0.15, -0.1) is 12.6 Å². The second-order valence-electron chi connectivity index (χ2n) is 6.95. The second-order valence-corrected chi connectivity index (χ2v) is 7.57. The lowest BCUT2D eigenvalue weighted by atomic mass is 9.82. The number of fused-ring (bicyclic) bond motifs is 1. The van der Waals surface area contributed by atoms with Crippen molar-refractivity contribution in [1.82, 2.24) is 9.78 Å². The summed E-state index contributed by atoms with van der Waals surface area (Å²) in [5, 5.41) is 50.9. The monoisotopic (exact) mass is 446 g/mol. The minimum Gasteiger partial charge on any atom is -0.435 e. The molecule has 1 unspecified atom stereocenters. The van der Waals surface area contributed by atoms with Crippen LogP contribution >= 0.6 is 12.6 Å². The molecule has 0 spiro atoms. The van der Waals surface area contributed by atoms with Crippen molar-refractivity contribution in [1.29, 1.82) is 0 Å². The Morgan fingerprint density at radius 1 is 1.13 bits per heavy atom. The van der Waals surface area contributed by atoms with Gasteiger partial charge in [0.1, 0.15) is 11.6 Å². The molecule has 1 aliphatic rings. The van der Waals surface area contributed by atoms with E-state index in [2.05, 4.69) is 22.5 Å². The van der Waals surface area contributed by atoms with Crippen LogP contribution in [0.4, 0.5) is 13.2 Å². The zero-order valence-corrected chi connectivity index (χ0v) is 16.2. The highest BCUT2D eigenvalue weighted by molar-refractivity contribution is 7.81. The molecule has 1 aliphatic carbocycles. The van der Waals surface area contributed by atoms with E-state index >= 15 is 0 Å². The predicted molar refractivity (Wildman–Crippen MR) is 100 cm³/mol. The van der Waals surface area contributed by atoms with Gasteiger partial charge in [0.25, 0.3) is 10.8 Å². The van der Waals surface area contributed by atoms with Gasteiger partial charge in [0.2, 0.25) is 0 Å². The lowest BCUT2D eigenvalue weighted by Crippen LogP contribution is -2.68. The molecule has 2 aromatic rings. The molecule has 0 aliphatic heterocycles. The molecule has 1 heterocycles. The van der Waals surface area contributed by atoms with Crippen molar-refractivity contribution in [3.8, 4) is 17.0 Å². The molecular weight excluding hydrogens is 428 g/mol. The molecule has 0 saturated heterocycles. The van der Waals surface area contributed by atoms with Crippen LogP contribution in [0.2, 0.25) is 0 Å². The van der Waals surface area contributed by atoms with Crippen LogP contribution in [-0.4, -0.2) is 60.6 Å². The fourth-order valence-corrected chi connectivity index (χ4v) is 3.75. The molecule has 0 saturated carbocycles. The lowest BCUT2D eigenvalue weighted by molar-refractivity contribution is -0.355. The normalized spacial score (nSPS) is 17.0. The van der Waals surface area contributed by atoms with Crippen molar-refractivity contribution in [2.45, 2.75) is 48.8 Å². The van der Waals surface area contributed by atoms with Gasteiger partial charge in [-0.1, -0.05) is 0 Å². The topological polar surface area (TPSA) is 128 Å². The highest BCUT2D eigenvalue weighted by Crippen LogP contribution is 2.42. The first-order valence-electron chi connectivity index (χ1n) is 8.76. The second kappa shape index (κ2) is 7.73. The van der Waals surface area contributed by atoms with Crippen molar-refractivity contribution in [3.05, 3.63) is 35.3 Å². The summed E-state index contributed by atoms with van der Waals surface area (Å²) < 4.78 is 44.4. The lowest BCUT2D eigenvalue weighted by Gasteiger charge is -2.44. The van der Waals surface area contributed by atoms with E-state index in [0.717, 1.165) is 18.2 Å². The number of ether oxygens (including phenoxy) is 1. The minimum atomic E-state index is -3.65. The first kappa shape index (κ1) is 22.9.